The molecule has 0 fully saturated rings. The second kappa shape index (κ2) is 7.28. The van der Waals surface area contributed by atoms with Gasteiger partial charge >= 0.3 is 5.76 Å². The number of hydrogen-bond donors (Lipinski definition) is 1. The lowest BCUT2D eigenvalue weighted by Gasteiger charge is -2.16. The molecule has 140 valence electrons. The van der Waals surface area contributed by atoms with Crippen LogP contribution in [0.4, 0.5) is 4.39 Å². The number of fused-ring (bicyclic) bond motifs is 2. The number of nitrogens with one attached hydrogen (secondary N) is 1. The zero-order valence-electron chi connectivity index (χ0n) is 14.8. The summed E-state index contributed by atoms with van der Waals surface area (Å²) in [6, 6.07) is 9.87. The van der Waals surface area contributed by atoms with Gasteiger partial charge in [-0.15, -0.1) is 0 Å². The Kier molecular flexibility index (Phi) is 4.68. The Bertz CT molecular complexity index is 1130. The Balaban J connectivity index is 1.32. The number of rotatable bonds is 7. The van der Waals surface area contributed by atoms with E-state index in [1.54, 1.807) is 30.5 Å². The highest BCUT2D eigenvalue weighted by molar-refractivity contribution is 5.81. The maximum Gasteiger partial charge on any atom is 0.417 e. The van der Waals surface area contributed by atoms with E-state index >= 15 is 0 Å². The highest BCUT2D eigenvalue weighted by Crippen LogP contribution is 2.24. The van der Waals surface area contributed by atoms with Crippen LogP contribution in [-0.2, 0) is 6.42 Å². The summed E-state index contributed by atoms with van der Waals surface area (Å²) >= 11 is 0. The average Bonchev–Trinajstić information content (AvgIpc) is 3.22. The van der Waals surface area contributed by atoms with Crippen molar-refractivity contribution in [3.8, 4) is 5.75 Å². The summed E-state index contributed by atoms with van der Waals surface area (Å²) in [5, 5.41) is 0.814. The molecule has 0 saturated carbocycles. The third-order valence-electron chi connectivity index (χ3n) is 4.52. The predicted octanol–water partition coefficient (Wildman–Crippen LogP) is 3.56. The van der Waals surface area contributed by atoms with Crippen LogP contribution in [-0.4, -0.2) is 36.6 Å². The lowest BCUT2D eigenvalue weighted by atomic mass is 10.1. The third-order valence-corrected chi connectivity index (χ3v) is 4.52. The van der Waals surface area contributed by atoms with Gasteiger partial charge in [0.1, 0.15) is 18.0 Å². The van der Waals surface area contributed by atoms with Gasteiger partial charge in [-0.1, -0.05) is 6.07 Å². The van der Waals surface area contributed by atoms with Crippen LogP contribution in [0.2, 0.25) is 0 Å². The van der Waals surface area contributed by atoms with Crippen LogP contribution in [0.3, 0.4) is 0 Å². The molecule has 7 heteroatoms. The van der Waals surface area contributed by atoms with Crippen molar-refractivity contribution < 1.29 is 18.0 Å². The van der Waals surface area contributed by atoms with Gasteiger partial charge in [0.2, 0.25) is 0 Å². The Hall–Kier alpha value is -3.06. The van der Waals surface area contributed by atoms with Crippen molar-refractivity contribution >= 4 is 22.1 Å². The fourth-order valence-electron chi connectivity index (χ4n) is 3.04. The van der Waals surface area contributed by atoms with E-state index in [-0.39, 0.29) is 5.82 Å². The van der Waals surface area contributed by atoms with E-state index in [1.807, 2.05) is 7.05 Å². The van der Waals surface area contributed by atoms with Gasteiger partial charge in [-0.25, -0.2) is 9.18 Å². The molecule has 0 unspecified atom stereocenters. The Labute approximate surface area is 154 Å². The van der Waals surface area contributed by atoms with E-state index in [4.69, 9.17) is 13.6 Å². The standard InChI is InChI=1S/C20H19FN2O4/c1-23(8-7-13-12-26-17-6-5-14(21)11-15(13)17)9-10-25-18-4-2-3-16-19(18)27-20(24)22-16/h2-6,11-12H,7-10H2,1H3,(H,22,24). The van der Waals surface area contributed by atoms with Crippen LogP contribution in [0, 0.1) is 5.82 Å². The molecule has 4 aromatic rings. The van der Waals surface area contributed by atoms with Crippen LogP contribution in [0.15, 0.2) is 56.3 Å². The summed E-state index contributed by atoms with van der Waals surface area (Å²) in [6.45, 7) is 1.92. The van der Waals surface area contributed by atoms with Crippen molar-refractivity contribution in [2.45, 2.75) is 6.42 Å². The molecule has 0 amide bonds. The van der Waals surface area contributed by atoms with Crippen molar-refractivity contribution in [2.24, 2.45) is 0 Å². The summed E-state index contributed by atoms with van der Waals surface area (Å²) in [5.41, 5.74) is 2.72. The molecule has 0 radical (unpaired) electrons. The minimum atomic E-state index is -0.498. The normalized spacial score (nSPS) is 11.7. The molecular formula is C20H19FN2O4. The largest absolute Gasteiger partial charge is 0.488 e. The molecule has 4 rings (SSSR count). The van der Waals surface area contributed by atoms with Crippen LogP contribution >= 0.6 is 0 Å². The van der Waals surface area contributed by atoms with E-state index in [0.29, 0.717) is 35.6 Å². The zero-order valence-corrected chi connectivity index (χ0v) is 14.8. The summed E-state index contributed by atoms with van der Waals surface area (Å²) in [5.74, 6) is -0.227. The van der Waals surface area contributed by atoms with Gasteiger partial charge in [0, 0.05) is 18.5 Å². The Morgan fingerprint density at radius 2 is 2.11 bits per heavy atom. The van der Waals surface area contributed by atoms with Gasteiger partial charge in [-0.05, 0) is 49.4 Å². The first-order chi connectivity index (χ1) is 13.1. The number of hydrogen-bond acceptors (Lipinski definition) is 5. The van der Waals surface area contributed by atoms with Crippen molar-refractivity contribution in [1.82, 2.24) is 9.88 Å². The minimum Gasteiger partial charge on any atom is -0.488 e. The average molecular weight is 370 g/mol. The Morgan fingerprint density at radius 3 is 3.00 bits per heavy atom. The summed E-state index contributed by atoms with van der Waals surface area (Å²) in [7, 11) is 1.99. The number of likely N-dealkylation sites (N-methyl/N-ethyl adjacent to an activating group) is 1. The fourth-order valence-corrected chi connectivity index (χ4v) is 3.04. The van der Waals surface area contributed by atoms with E-state index in [0.717, 1.165) is 23.9 Å². The molecule has 27 heavy (non-hydrogen) atoms. The van der Waals surface area contributed by atoms with Crippen molar-refractivity contribution in [1.29, 1.82) is 0 Å². The highest BCUT2D eigenvalue weighted by atomic mass is 19.1. The number of aromatic amines is 1. The number of benzene rings is 2. The van der Waals surface area contributed by atoms with E-state index in [2.05, 4.69) is 9.88 Å². The molecule has 0 aliphatic rings. The number of H-pyrrole nitrogens is 1. The number of halogens is 1. The number of furan rings is 1. The molecule has 2 aromatic heterocycles. The molecule has 1 N–H and O–H groups in total. The number of para-hydroxylation sites is 1. The van der Waals surface area contributed by atoms with Gasteiger partial charge in [-0.2, -0.15) is 0 Å². The number of ether oxygens (including phenoxy) is 1. The van der Waals surface area contributed by atoms with Crippen LogP contribution < -0.4 is 10.5 Å². The molecule has 0 saturated heterocycles. The lowest BCUT2D eigenvalue weighted by molar-refractivity contribution is 0.238. The van der Waals surface area contributed by atoms with Gasteiger partial charge in [0.15, 0.2) is 11.3 Å². The van der Waals surface area contributed by atoms with Gasteiger partial charge < -0.3 is 18.5 Å². The van der Waals surface area contributed by atoms with Crippen molar-refractivity contribution in [2.75, 3.05) is 26.7 Å². The summed E-state index contributed by atoms with van der Waals surface area (Å²) in [6.07, 6.45) is 2.43. The zero-order chi connectivity index (χ0) is 18.8. The molecule has 0 aliphatic heterocycles. The van der Waals surface area contributed by atoms with Gasteiger partial charge in [0.25, 0.3) is 0 Å². The second-order valence-corrected chi connectivity index (χ2v) is 6.45. The molecule has 2 aromatic carbocycles. The first-order valence-corrected chi connectivity index (χ1v) is 8.69. The number of aromatic nitrogens is 1. The third kappa shape index (κ3) is 3.73. The Morgan fingerprint density at radius 1 is 1.22 bits per heavy atom. The van der Waals surface area contributed by atoms with Crippen molar-refractivity contribution in [3.63, 3.8) is 0 Å². The number of nitrogens with zero attached hydrogens (tertiary/aromatic N) is 1. The molecule has 0 spiro atoms. The van der Waals surface area contributed by atoms with E-state index in [9.17, 15) is 9.18 Å². The second-order valence-electron chi connectivity index (χ2n) is 6.45. The topological polar surface area (TPSA) is 71.6 Å². The monoisotopic (exact) mass is 370 g/mol. The van der Waals surface area contributed by atoms with Crippen LogP contribution in [0.1, 0.15) is 5.56 Å². The van der Waals surface area contributed by atoms with Gasteiger partial charge in [0.05, 0.1) is 11.8 Å². The smallest absolute Gasteiger partial charge is 0.417 e. The molecule has 0 bridgehead atoms. The lowest BCUT2D eigenvalue weighted by Crippen LogP contribution is -2.26. The first kappa shape index (κ1) is 17.4. The molecule has 0 atom stereocenters. The highest BCUT2D eigenvalue weighted by Gasteiger charge is 2.10. The molecule has 0 aliphatic carbocycles. The minimum absolute atomic E-state index is 0.266. The van der Waals surface area contributed by atoms with Crippen LogP contribution in [0.5, 0.6) is 5.75 Å². The molecule has 6 nitrogen and oxygen atoms in total. The molecule has 2 heterocycles. The first-order valence-electron chi connectivity index (χ1n) is 8.69. The van der Waals surface area contributed by atoms with Gasteiger partial charge in [-0.3, -0.25) is 4.98 Å². The maximum absolute atomic E-state index is 13.4. The van der Waals surface area contributed by atoms with Crippen LogP contribution in [0.25, 0.3) is 22.1 Å². The molecular weight excluding hydrogens is 351 g/mol. The van der Waals surface area contributed by atoms with Crippen molar-refractivity contribution in [3.05, 3.63) is 64.6 Å². The van der Waals surface area contributed by atoms with E-state index in [1.165, 1.54) is 12.1 Å². The summed E-state index contributed by atoms with van der Waals surface area (Å²) in [4.78, 5) is 16.0. The number of oxazole rings is 1. The fraction of sp³-hybridized carbons (Fsp3) is 0.250. The predicted molar refractivity (Wildman–Crippen MR) is 99.7 cm³/mol. The SMILES string of the molecule is CN(CCOc1cccc2[nH]c(=O)oc12)CCc1coc2ccc(F)cc12. The summed E-state index contributed by atoms with van der Waals surface area (Å²) < 4.78 is 29.8. The van der Waals surface area contributed by atoms with E-state index < -0.39 is 5.76 Å². The quantitative estimate of drug-likeness (QED) is 0.539. The maximum atomic E-state index is 13.4.